The summed E-state index contributed by atoms with van der Waals surface area (Å²) in [5.41, 5.74) is 2.51. The monoisotopic (exact) mass is 410 g/mol. The average Bonchev–Trinajstić information content (AvgIpc) is 3.29. The van der Waals surface area contributed by atoms with Gasteiger partial charge in [0.1, 0.15) is 11.6 Å². The maximum Gasteiger partial charge on any atom is 0.148 e. The van der Waals surface area contributed by atoms with Gasteiger partial charge in [-0.1, -0.05) is 6.07 Å². The van der Waals surface area contributed by atoms with Gasteiger partial charge in [-0.15, -0.1) is 10.2 Å². The molecule has 0 bridgehead atoms. The Labute approximate surface area is 178 Å². The van der Waals surface area contributed by atoms with Crippen LogP contribution in [-0.2, 0) is 4.74 Å². The fraction of sp³-hybridized carbons (Fsp3) is 0.583. The first-order valence-corrected chi connectivity index (χ1v) is 11.3. The number of rotatable bonds is 5. The molecule has 1 aliphatic carbocycles. The molecule has 2 aromatic rings. The third kappa shape index (κ3) is 4.35. The maximum atomic E-state index is 13.6. The molecule has 3 atom stereocenters. The molecule has 2 aliphatic heterocycles. The Morgan fingerprint density at radius 1 is 1.07 bits per heavy atom. The van der Waals surface area contributed by atoms with Crippen LogP contribution in [0.2, 0.25) is 0 Å². The molecule has 1 aromatic heterocycles. The third-order valence-corrected chi connectivity index (χ3v) is 7.18. The molecule has 2 saturated heterocycles. The molecule has 3 aliphatic rings. The summed E-state index contributed by atoms with van der Waals surface area (Å²) in [5, 5.41) is 12.3. The largest absolute Gasteiger partial charge is 0.381 e. The van der Waals surface area contributed by atoms with E-state index in [1.165, 1.54) is 57.5 Å². The summed E-state index contributed by atoms with van der Waals surface area (Å²) in [7, 11) is 0. The second kappa shape index (κ2) is 8.60. The van der Waals surface area contributed by atoms with Gasteiger partial charge < -0.3 is 15.0 Å². The van der Waals surface area contributed by atoms with E-state index in [1.807, 2.05) is 19.1 Å². The minimum atomic E-state index is -0.247. The van der Waals surface area contributed by atoms with Gasteiger partial charge in [0.2, 0.25) is 0 Å². The zero-order valence-electron chi connectivity index (χ0n) is 17.7. The van der Waals surface area contributed by atoms with Crippen molar-refractivity contribution in [2.45, 2.75) is 38.6 Å². The van der Waals surface area contributed by atoms with Gasteiger partial charge in [0, 0.05) is 44.5 Å². The van der Waals surface area contributed by atoms with Gasteiger partial charge in [-0.2, -0.15) is 0 Å². The summed E-state index contributed by atoms with van der Waals surface area (Å²) in [6.45, 7) is 7.57. The first-order valence-electron chi connectivity index (χ1n) is 11.3. The maximum absolute atomic E-state index is 13.6. The lowest BCUT2D eigenvalue weighted by Crippen LogP contribution is -2.32. The van der Waals surface area contributed by atoms with Crippen LogP contribution in [0.5, 0.6) is 0 Å². The number of hydrogen-bond acceptors (Lipinski definition) is 5. The van der Waals surface area contributed by atoms with E-state index in [2.05, 4.69) is 20.4 Å². The highest BCUT2D eigenvalue weighted by atomic mass is 19.1. The van der Waals surface area contributed by atoms with Crippen molar-refractivity contribution in [2.75, 3.05) is 38.2 Å². The zero-order valence-corrected chi connectivity index (χ0v) is 17.7. The molecule has 6 heteroatoms. The second-order valence-electron chi connectivity index (χ2n) is 9.37. The van der Waals surface area contributed by atoms with Crippen molar-refractivity contribution in [3.63, 3.8) is 0 Å². The molecular formula is C24H31FN4O. The van der Waals surface area contributed by atoms with Crippen molar-refractivity contribution < 1.29 is 9.13 Å². The topological polar surface area (TPSA) is 50.3 Å². The molecule has 1 aromatic carbocycles. The summed E-state index contributed by atoms with van der Waals surface area (Å²) in [6, 6.07) is 9.16. The van der Waals surface area contributed by atoms with Crippen LogP contribution in [-0.4, -0.2) is 54.0 Å². The number of nitrogens with zero attached hydrogens (tertiary/aromatic N) is 3. The van der Waals surface area contributed by atoms with Gasteiger partial charge in [0.25, 0.3) is 0 Å². The van der Waals surface area contributed by atoms with Crippen LogP contribution < -0.4 is 5.32 Å². The summed E-state index contributed by atoms with van der Waals surface area (Å²) >= 11 is 0. The third-order valence-electron chi connectivity index (χ3n) is 7.18. The Morgan fingerprint density at radius 3 is 2.53 bits per heavy atom. The van der Waals surface area contributed by atoms with Gasteiger partial charge in [-0.3, -0.25) is 0 Å². The molecule has 3 fully saturated rings. The SMILES string of the molecule is Cc1ccc(F)cc1-c1ccc(N[C@H]2C[C@@H]3CN(CC4CCOCC4)C[C@@H]3C2)nn1. The van der Waals surface area contributed by atoms with Gasteiger partial charge in [0.15, 0.2) is 0 Å². The highest BCUT2D eigenvalue weighted by Crippen LogP contribution is 2.39. The van der Waals surface area contributed by atoms with E-state index in [1.54, 1.807) is 6.07 Å². The van der Waals surface area contributed by atoms with Crippen LogP contribution in [0.25, 0.3) is 11.3 Å². The van der Waals surface area contributed by atoms with E-state index in [-0.39, 0.29) is 5.82 Å². The summed E-state index contributed by atoms with van der Waals surface area (Å²) in [6.07, 6.45) is 4.86. The molecular weight excluding hydrogens is 379 g/mol. The lowest BCUT2D eigenvalue weighted by Gasteiger charge is -2.27. The molecule has 0 amide bonds. The number of ether oxygens (including phenoxy) is 1. The van der Waals surface area contributed by atoms with Crippen molar-refractivity contribution in [1.82, 2.24) is 15.1 Å². The number of benzene rings is 1. The number of hydrogen-bond donors (Lipinski definition) is 1. The van der Waals surface area contributed by atoms with Crippen LogP contribution in [0.3, 0.4) is 0 Å². The highest BCUT2D eigenvalue weighted by Gasteiger charge is 2.41. The zero-order chi connectivity index (χ0) is 20.5. The highest BCUT2D eigenvalue weighted by molar-refractivity contribution is 5.63. The van der Waals surface area contributed by atoms with Crippen molar-refractivity contribution in [1.29, 1.82) is 0 Å². The first kappa shape index (κ1) is 19.9. The normalized spacial score (nSPS) is 27.3. The van der Waals surface area contributed by atoms with Crippen molar-refractivity contribution in [3.8, 4) is 11.3 Å². The minimum Gasteiger partial charge on any atom is -0.381 e. The van der Waals surface area contributed by atoms with Crippen molar-refractivity contribution in [3.05, 3.63) is 41.7 Å². The molecule has 1 saturated carbocycles. The predicted octanol–water partition coefficient (Wildman–Crippen LogP) is 4.14. The molecule has 0 spiro atoms. The molecule has 1 N–H and O–H groups in total. The molecule has 5 nitrogen and oxygen atoms in total. The summed E-state index contributed by atoms with van der Waals surface area (Å²) < 4.78 is 19.1. The van der Waals surface area contributed by atoms with Gasteiger partial charge >= 0.3 is 0 Å². The van der Waals surface area contributed by atoms with Crippen LogP contribution >= 0.6 is 0 Å². The molecule has 0 unspecified atom stereocenters. The quantitative estimate of drug-likeness (QED) is 0.803. The lowest BCUT2D eigenvalue weighted by molar-refractivity contribution is 0.0545. The van der Waals surface area contributed by atoms with E-state index in [9.17, 15) is 4.39 Å². The Hall–Kier alpha value is -2.05. The van der Waals surface area contributed by atoms with Crippen LogP contribution in [0.1, 0.15) is 31.2 Å². The summed E-state index contributed by atoms with van der Waals surface area (Å²) in [4.78, 5) is 2.69. The van der Waals surface area contributed by atoms with Crippen molar-refractivity contribution in [2.24, 2.45) is 17.8 Å². The number of aryl methyl sites for hydroxylation is 1. The molecule has 3 heterocycles. The number of fused-ring (bicyclic) bond motifs is 1. The standard InChI is InChI=1S/C24H31FN4O/c1-16-2-3-20(25)12-22(16)23-4-5-24(28-27-23)26-21-10-18-14-29(15-19(18)11-21)13-17-6-8-30-9-7-17/h2-5,12,17-19,21H,6-11,13-15H2,1H3,(H,26,28)/t18-,19+,21+. The second-order valence-corrected chi connectivity index (χ2v) is 9.37. The molecule has 0 radical (unpaired) electrons. The fourth-order valence-electron chi connectivity index (χ4n) is 5.59. The van der Waals surface area contributed by atoms with Crippen LogP contribution in [0.15, 0.2) is 30.3 Å². The number of aromatic nitrogens is 2. The minimum absolute atomic E-state index is 0.247. The molecule has 160 valence electrons. The molecule has 30 heavy (non-hydrogen) atoms. The Bertz CT molecular complexity index is 854. The Kier molecular flexibility index (Phi) is 5.70. The van der Waals surface area contributed by atoms with Crippen molar-refractivity contribution >= 4 is 5.82 Å². The number of nitrogens with one attached hydrogen (secondary N) is 1. The van der Waals surface area contributed by atoms with E-state index in [0.29, 0.717) is 11.7 Å². The summed E-state index contributed by atoms with van der Waals surface area (Å²) in [5.74, 6) is 2.98. The predicted molar refractivity (Wildman–Crippen MR) is 116 cm³/mol. The van der Waals surface area contributed by atoms with E-state index in [4.69, 9.17) is 4.74 Å². The van der Waals surface area contributed by atoms with E-state index < -0.39 is 0 Å². The lowest BCUT2D eigenvalue weighted by atomic mass is 10.00. The van der Waals surface area contributed by atoms with Crippen LogP contribution in [0.4, 0.5) is 10.2 Å². The molecule has 5 rings (SSSR count). The smallest absolute Gasteiger partial charge is 0.148 e. The number of likely N-dealkylation sites (tertiary alicyclic amines) is 1. The van der Waals surface area contributed by atoms with E-state index >= 15 is 0 Å². The Balaban J connectivity index is 1.14. The van der Waals surface area contributed by atoms with Gasteiger partial charge in [0.05, 0.1) is 5.69 Å². The number of anilines is 1. The van der Waals surface area contributed by atoms with E-state index in [0.717, 1.165) is 47.9 Å². The van der Waals surface area contributed by atoms with Gasteiger partial charge in [-0.05, 0) is 80.2 Å². The average molecular weight is 411 g/mol. The fourth-order valence-corrected chi connectivity index (χ4v) is 5.59. The first-order chi connectivity index (χ1) is 14.6. The van der Waals surface area contributed by atoms with Gasteiger partial charge in [-0.25, -0.2) is 4.39 Å². The number of halogens is 1. The van der Waals surface area contributed by atoms with Crippen LogP contribution in [0, 0.1) is 30.5 Å². The Morgan fingerprint density at radius 2 is 1.83 bits per heavy atom.